The van der Waals surface area contributed by atoms with Crippen LogP contribution < -0.4 is 0 Å². The lowest BCUT2D eigenvalue weighted by molar-refractivity contribution is -0.141. The van der Waals surface area contributed by atoms with Crippen molar-refractivity contribution in [1.82, 2.24) is 20.1 Å². The van der Waals surface area contributed by atoms with Gasteiger partial charge in [-0.25, -0.2) is 0 Å². The average molecular weight is 342 g/mol. The number of aromatic amines is 1. The van der Waals surface area contributed by atoms with Crippen LogP contribution in [0.2, 0.25) is 0 Å². The van der Waals surface area contributed by atoms with Crippen molar-refractivity contribution in [2.75, 3.05) is 13.1 Å². The highest BCUT2D eigenvalue weighted by Crippen LogP contribution is 2.32. The minimum Gasteiger partial charge on any atom is -0.481 e. The van der Waals surface area contributed by atoms with Gasteiger partial charge >= 0.3 is 5.97 Å². The first-order valence-corrected chi connectivity index (χ1v) is 8.39. The lowest BCUT2D eigenvalue weighted by atomic mass is 9.93. The number of amides is 1. The molecule has 1 aliphatic rings. The van der Waals surface area contributed by atoms with Crippen molar-refractivity contribution < 1.29 is 14.7 Å². The second kappa shape index (κ2) is 7.04. The van der Waals surface area contributed by atoms with E-state index in [1.54, 1.807) is 17.2 Å². The highest BCUT2D eigenvalue weighted by atomic mass is 16.4. The van der Waals surface area contributed by atoms with Gasteiger partial charge in [0.25, 0.3) is 0 Å². The topological polar surface area (TPSA) is 99.2 Å². The van der Waals surface area contributed by atoms with Crippen LogP contribution in [0.5, 0.6) is 0 Å². The molecule has 0 aromatic carbocycles. The molecule has 132 valence electrons. The molecule has 2 N–H and O–H groups in total. The van der Waals surface area contributed by atoms with E-state index >= 15 is 0 Å². The second-order valence-electron chi connectivity index (χ2n) is 6.52. The first kappa shape index (κ1) is 17.1. The number of carboxylic acid groups (broad SMARTS) is 1. The van der Waals surface area contributed by atoms with E-state index in [2.05, 4.69) is 15.2 Å². The number of pyridine rings is 1. The van der Waals surface area contributed by atoms with Crippen molar-refractivity contribution in [1.29, 1.82) is 0 Å². The number of nitrogens with one attached hydrogen (secondary N) is 1. The van der Waals surface area contributed by atoms with Gasteiger partial charge in [0, 0.05) is 43.0 Å². The molecule has 0 aliphatic carbocycles. The van der Waals surface area contributed by atoms with Gasteiger partial charge in [-0.3, -0.25) is 19.7 Å². The van der Waals surface area contributed by atoms with Crippen LogP contribution in [0, 0.1) is 19.8 Å². The van der Waals surface area contributed by atoms with Crippen LogP contribution in [-0.2, 0) is 16.0 Å². The number of hydrogen-bond donors (Lipinski definition) is 2. The molecule has 0 bridgehead atoms. The predicted octanol–water partition coefficient (Wildman–Crippen LogP) is 1.68. The van der Waals surface area contributed by atoms with E-state index in [1.807, 2.05) is 26.0 Å². The van der Waals surface area contributed by atoms with E-state index in [1.165, 1.54) is 0 Å². The van der Waals surface area contributed by atoms with Gasteiger partial charge < -0.3 is 10.0 Å². The van der Waals surface area contributed by atoms with Crippen LogP contribution in [0.1, 0.15) is 35.0 Å². The molecular formula is C18H22N4O3. The predicted molar refractivity (Wildman–Crippen MR) is 91.1 cm³/mol. The standard InChI is InChI=1S/C18H22N4O3/c1-11-13(12(2)21-20-11)6-7-17(23)22-9-14(15(10-22)18(24)25)16-5-3-4-8-19-16/h3-5,8,14-15H,6-7,9-10H2,1-2H3,(H,20,21)(H,24,25)/t14-,15-/m1/s1. The molecule has 2 atom stereocenters. The number of H-pyrrole nitrogens is 1. The zero-order chi connectivity index (χ0) is 18.0. The molecule has 2 aromatic heterocycles. The monoisotopic (exact) mass is 342 g/mol. The first-order valence-electron chi connectivity index (χ1n) is 8.39. The van der Waals surface area contributed by atoms with Gasteiger partial charge in [0.1, 0.15) is 0 Å². The maximum Gasteiger partial charge on any atom is 0.309 e. The minimum atomic E-state index is -0.882. The zero-order valence-corrected chi connectivity index (χ0v) is 14.4. The van der Waals surface area contributed by atoms with Crippen LogP contribution >= 0.6 is 0 Å². The summed E-state index contributed by atoms with van der Waals surface area (Å²) in [5, 5.41) is 16.6. The third-order valence-corrected chi connectivity index (χ3v) is 4.93. The number of carbonyl (C=O) groups excluding carboxylic acids is 1. The van der Waals surface area contributed by atoms with E-state index in [4.69, 9.17) is 0 Å². The van der Waals surface area contributed by atoms with Crippen LogP contribution in [-0.4, -0.2) is 50.2 Å². The number of hydrogen-bond acceptors (Lipinski definition) is 4. The number of likely N-dealkylation sites (tertiary alicyclic amines) is 1. The lowest BCUT2D eigenvalue weighted by Gasteiger charge is -2.16. The Morgan fingerprint density at radius 3 is 2.72 bits per heavy atom. The molecule has 7 nitrogen and oxygen atoms in total. The largest absolute Gasteiger partial charge is 0.481 e. The number of rotatable bonds is 5. The summed E-state index contributed by atoms with van der Waals surface area (Å²) < 4.78 is 0. The summed E-state index contributed by atoms with van der Waals surface area (Å²) in [6.07, 6.45) is 2.61. The molecule has 7 heteroatoms. The summed E-state index contributed by atoms with van der Waals surface area (Å²) in [5.41, 5.74) is 3.67. The summed E-state index contributed by atoms with van der Waals surface area (Å²) in [5.74, 6) is -1.78. The van der Waals surface area contributed by atoms with Gasteiger partial charge in [-0.15, -0.1) is 0 Å². The minimum absolute atomic E-state index is 0.0234. The van der Waals surface area contributed by atoms with E-state index in [9.17, 15) is 14.7 Å². The number of aromatic nitrogens is 3. The highest BCUT2D eigenvalue weighted by Gasteiger charge is 2.40. The SMILES string of the molecule is Cc1n[nH]c(C)c1CCC(=O)N1C[C@@H](C(=O)O)[C@H](c2ccccn2)C1. The van der Waals surface area contributed by atoms with E-state index in [0.717, 1.165) is 22.6 Å². The van der Waals surface area contributed by atoms with Gasteiger partial charge in [0.15, 0.2) is 0 Å². The Morgan fingerprint density at radius 2 is 2.12 bits per heavy atom. The van der Waals surface area contributed by atoms with Crippen LogP contribution in [0.3, 0.4) is 0 Å². The number of nitrogens with zero attached hydrogens (tertiary/aromatic N) is 3. The molecule has 0 unspecified atom stereocenters. The van der Waals surface area contributed by atoms with Crippen LogP contribution in [0.15, 0.2) is 24.4 Å². The molecule has 1 amide bonds. The van der Waals surface area contributed by atoms with Crippen molar-refractivity contribution in [2.45, 2.75) is 32.6 Å². The summed E-state index contributed by atoms with van der Waals surface area (Å²) in [6.45, 7) is 4.48. The van der Waals surface area contributed by atoms with Crippen LogP contribution in [0.4, 0.5) is 0 Å². The molecule has 1 fully saturated rings. The summed E-state index contributed by atoms with van der Waals surface area (Å²) in [4.78, 5) is 30.1. The fraction of sp³-hybridized carbons (Fsp3) is 0.444. The fourth-order valence-corrected chi connectivity index (χ4v) is 3.49. The third kappa shape index (κ3) is 3.55. The van der Waals surface area contributed by atoms with Gasteiger partial charge in [0.05, 0.1) is 11.6 Å². The molecule has 0 spiro atoms. The Morgan fingerprint density at radius 1 is 1.32 bits per heavy atom. The lowest BCUT2D eigenvalue weighted by Crippen LogP contribution is -2.30. The molecule has 2 aromatic rings. The van der Waals surface area contributed by atoms with Crippen molar-refractivity contribution in [3.05, 3.63) is 47.0 Å². The molecule has 1 saturated heterocycles. The van der Waals surface area contributed by atoms with Crippen molar-refractivity contribution in [3.63, 3.8) is 0 Å². The molecular weight excluding hydrogens is 320 g/mol. The molecule has 3 heterocycles. The first-order chi connectivity index (χ1) is 12.0. The maximum atomic E-state index is 12.6. The van der Waals surface area contributed by atoms with Gasteiger partial charge in [-0.1, -0.05) is 6.07 Å². The van der Waals surface area contributed by atoms with Gasteiger partial charge in [-0.2, -0.15) is 5.10 Å². The third-order valence-electron chi connectivity index (χ3n) is 4.93. The number of carboxylic acids is 1. The Bertz CT molecular complexity index is 752. The quantitative estimate of drug-likeness (QED) is 0.861. The number of aliphatic carboxylic acids is 1. The average Bonchev–Trinajstić information content (AvgIpc) is 3.18. The maximum absolute atomic E-state index is 12.6. The Balaban J connectivity index is 1.68. The Labute approximate surface area is 146 Å². The summed E-state index contributed by atoms with van der Waals surface area (Å²) in [7, 11) is 0. The highest BCUT2D eigenvalue weighted by molar-refractivity contribution is 5.79. The molecule has 1 aliphatic heterocycles. The number of aryl methyl sites for hydroxylation is 2. The van der Waals surface area contributed by atoms with E-state index in [-0.39, 0.29) is 18.4 Å². The normalized spacial score (nSPS) is 20.0. The fourth-order valence-electron chi connectivity index (χ4n) is 3.49. The van der Waals surface area contributed by atoms with Crippen molar-refractivity contribution in [3.8, 4) is 0 Å². The second-order valence-corrected chi connectivity index (χ2v) is 6.52. The van der Waals surface area contributed by atoms with E-state index < -0.39 is 11.9 Å². The molecule has 25 heavy (non-hydrogen) atoms. The molecule has 3 rings (SSSR count). The summed E-state index contributed by atoms with van der Waals surface area (Å²) >= 11 is 0. The Kier molecular flexibility index (Phi) is 4.83. The van der Waals surface area contributed by atoms with Gasteiger partial charge in [0.2, 0.25) is 5.91 Å². The van der Waals surface area contributed by atoms with Crippen LogP contribution in [0.25, 0.3) is 0 Å². The molecule has 0 saturated carbocycles. The molecule has 0 radical (unpaired) electrons. The smallest absolute Gasteiger partial charge is 0.309 e. The van der Waals surface area contributed by atoms with Gasteiger partial charge in [-0.05, 0) is 38.0 Å². The Hall–Kier alpha value is -2.70. The van der Waals surface area contributed by atoms with Crippen molar-refractivity contribution >= 4 is 11.9 Å². The van der Waals surface area contributed by atoms with Crippen molar-refractivity contribution in [2.24, 2.45) is 5.92 Å². The van der Waals surface area contributed by atoms with E-state index in [0.29, 0.717) is 19.4 Å². The zero-order valence-electron chi connectivity index (χ0n) is 14.4. The number of carbonyl (C=O) groups is 2. The summed E-state index contributed by atoms with van der Waals surface area (Å²) in [6, 6.07) is 5.47.